The molecule has 1 heterocycles. The molecule has 0 bridgehead atoms. The molecule has 6 nitrogen and oxygen atoms in total. The number of ether oxygens (including phenoxy) is 1. The molecular weight excluding hydrogens is 373 g/mol. The molecule has 1 aromatic carbocycles. The van der Waals surface area contributed by atoms with Gasteiger partial charge in [0, 0.05) is 17.9 Å². The minimum atomic E-state index is -0.912. The zero-order chi connectivity index (χ0) is 21.6. The number of carbonyl (C=O) groups is 2. The van der Waals surface area contributed by atoms with Gasteiger partial charge in [-0.15, -0.1) is 0 Å². The summed E-state index contributed by atoms with van der Waals surface area (Å²) in [5, 5.41) is 11.6. The number of nitrogens with zero attached hydrogens (tertiary/aromatic N) is 2. The van der Waals surface area contributed by atoms with Gasteiger partial charge >= 0.3 is 5.97 Å². The van der Waals surface area contributed by atoms with Gasteiger partial charge in [0.05, 0.1) is 5.69 Å². The highest BCUT2D eigenvalue weighted by Gasteiger charge is 2.16. The summed E-state index contributed by atoms with van der Waals surface area (Å²) in [5.41, 5.74) is 2.48. The monoisotopic (exact) mass is 397 g/mol. The molecule has 152 valence electrons. The van der Waals surface area contributed by atoms with Crippen LogP contribution in [-0.4, -0.2) is 23.1 Å². The molecule has 0 unspecified atom stereocenters. The minimum absolute atomic E-state index is 0.0119. The molecule has 1 amide bonds. The number of nitriles is 1. The summed E-state index contributed by atoms with van der Waals surface area (Å²) in [4.78, 5) is 24.1. The molecule has 29 heavy (non-hydrogen) atoms. The number of halogens is 1. The molecule has 0 saturated heterocycles. The second kappa shape index (κ2) is 9.69. The van der Waals surface area contributed by atoms with E-state index in [0.29, 0.717) is 5.92 Å². The van der Waals surface area contributed by atoms with Gasteiger partial charge < -0.3 is 14.6 Å². The van der Waals surface area contributed by atoms with E-state index in [-0.39, 0.29) is 11.3 Å². The predicted octanol–water partition coefficient (Wildman–Crippen LogP) is 3.99. The Morgan fingerprint density at radius 3 is 2.62 bits per heavy atom. The van der Waals surface area contributed by atoms with Crippen LogP contribution in [-0.2, 0) is 20.9 Å². The Morgan fingerprint density at radius 2 is 2.00 bits per heavy atom. The van der Waals surface area contributed by atoms with Crippen LogP contribution < -0.4 is 5.32 Å². The van der Waals surface area contributed by atoms with Gasteiger partial charge in [-0.25, -0.2) is 9.18 Å². The third kappa shape index (κ3) is 5.79. The second-order valence-electron chi connectivity index (χ2n) is 7.10. The lowest BCUT2D eigenvalue weighted by atomic mass is 10.1. The van der Waals surface area contributed by atoms with Crippen molar-refractivity contribution in [2.24, 2.45) is 5.92 Å². The Morgan fingerprint density at radius 1 is 1.31 bits per heavy atom. The van der Waals surface area contributed by atoms with Gasteiger partial charge in [0.25, 0.3) is 5.91 Å². The second-order valence-corrected chi connectivity index (χ2v) is 7.10. The first kappa shape index (κ1) is 21.9. The van der Waals surface area contributed by atoms with Crippen molar-refractivity contribution >= 4 is 23.6 Å². The molecule has 2 rings (SSSR count). The van der Waals surface area contributed by atoms with E-state index in [4.69, 9.17) is 4.74 Å². The lowest BCUT2D eigenvalue weighted by Crippen LogP contribution is -2.21. The number of para-hydroxylation sites is 1. The van der Waals surface area contributed by atoms with Crippen molar-refractivity contribution in [2.45, 2.75) is 34.2 Å². The molecule has 0 spiro atoms. The normalized spacial score (nSPS) is 11.3. The SMILES string of the molecule is Cc1cc(/C=C(\C#N)C(=O)OCC(=O)Nc2ccccc2F)c(C)n1CC(C)C. The third-order valence-corrected chi connectivity index (χ3v) is 4.28. The zero-order valence-electron chi connectivity index (χ0n) is 17.0. The lowest BCUT2D eigenvalue weighted by Gasteiger charge is -2.12. The molecule has 2 aromatic rings. The van der Waals surface area contributed by atoms with Gasteiger partial charge in [-0.1, -0.05) is 26.0 Å². The summed E-state index contributed by atoms with van der Waals surface area (Å²) >= 11 is 0. The van der Waals surface area contributed by atoms with Crippen molar-refractivity contribution in [3.05, 3.63) is 58.7 Å². The van der Waals surface area contributed by atoms with Crippen molar-refractivity contribution in [3.8, 4) is 6.07 Å². The molecule has 1 aromatic heterocycles. The Kier molecular flexibility index (Phi) is 7.32. The van der Waals surface area contributed by atoms with Gasteiger partial charge in [0.1, 0.15) is 17.5 Å². The Bertz CT molecular complexity index is 984. The largest absolute Gasteiger partial charge is 0.451 e. The van der Waals surface area contributed by atoms with Crippen molar-refractivity contribution in [3.63, 3.8) is 0 Å². The molecule has 0 aliphatic rings. The smallest absolute Gasteiger partial charge is 0.349 e. The number of aryl methyl sites for hydroxylation is 1. The first-order valence-electron chi connectivity index (χ1n) is 9.23. The van der Waals surface area contributed by atoms with Crippen LogP contribution in [0.15, 0.2) is 35.9 Å². The fraction of sp³-hybridized carbons (Fsp3) is 0.318. The highest BCUT2D eigenvalue weighted by molar-refractivity contribution is 6.00. The summed E-state index contributed by atoms with van der Waals surface area (Å²) in [7, 11) is 0. The molecule has 0 radical (unpaired) electrons. The number of rotatable bonds is 7. The van der Waals surface area contributed by atoms with E-state index in [1.54, 1.807) is 6.07 Å². The van der Waals surface area contributed by atoms with Crippen molar-refractivity contribution in [1.29, 1.82) is 5.26 Å². The van der Waals surface area contributed by atoms with Gasteiger partial charge in [-0.05, 0) is 49.6 Å². The third-order valence-electron chi connectivity index (χ3n) is 4.28. The number of amides is 1. The maximum atomic E-state index is 13.5. The summed E-state index contributed by atoms with van der Waals surface area (Å²) in [6.45, 7) is 8.30. The van der Waals surface area contributed by atoms with Gasteiger partial charge in [0.15, 0.2) is 6.61 Å². The predicted molar refractivity (Wildman–Crippen MR) is 108 cm³/mol. The van der Waals surface area contributed by atoms with Crippen LogP contribution in [0.5, 0.6) is 0 Å². The van der Waals surface area contributed by atoms with E-state index >= 15 is 0 Å². The Labute approximate surface area is 169 Å². The maximum absolute atomic E-state index is 13.5. The fourth-order valence-corrected chi connectivity index (χ4v) is 2.87. The molecule has 7 heteroatoms. The van der Waals surface area contributed by atoms with E-state index < -0.39 is 24.3 Å². The van der Waals surface area contributed by atoms with Crippen molar-refractivity contribution in [2.75, 3.05) is 11.9 Å². The van der Waals surface area contributed by atoms with Crippen LogP contribution in [0, 0.1) is 36.9 Å². The Balaban J connectivity index is 2.06. The molecule has 0 saturated carbocycles. The first-order chi connectivity index (χ1) is 13.7. The Hall–Kier alpha value is -3.40. The van der Waals surface area contributed by atoms with Crippen LogP contribution in [0.2, 0.25) is 0 Å². The molecule has 1 N–H and O–H groups in total. The van der Waals surface area contributed by atoms with Crippen LogP contribution in [0.4, 0.5) is 10.1 Å². The van der Waals surface area contributed by atoms with Crippen molar-refractivity contribution in [1.82, 2.24) is 4.57 Å². The summed E-state index contributed by atoms with van der Waals surface area (Å²) in [6.07, 6.45) is 1.45. The molecule has 0 atom stereocenters. The zero-order valence-corrected chi connectivity index (χ0v) is 17.0. The lowest BCUT2D eigenvalue weighted by molar-refractivity contribution is -0.142. The summed E-state index contributed by atoms with van der Waals surface area (Å²) in [5.74, 6) is -1.76. The number of aromatic nitrogens is 1. The van der Waals surface area contributed by atoms with E-state index in [0.717, 1.165) is 23.5 Å². The fourth-order valence-electron chi connectivity index (χ4n) is 2.87. The van der Waals surface area contributed by atoms with E-state index in [1.807, 2.05) is 26.0 Å². The van der Waals surface area contributed by atoms with E-state index in [2.05, 4.69) is 23.7 Å². The van der Waals surface area contributed by atoms with Crippen LogP contribution in [0.1, 0.15) is 30.8 Å². The molecule has 0 aliphatic heterocycles. The first-order valence-corrected chi connectivity index (χ1v) is 9.23. The number of hydrogen-bond acceptors (Lipinski definition) is 4. The molecule has 0 fully saturated rings. The van der Waals surface area contributed by atoms with Gasteiger partial charge in [-0.3, -0.25) is 4.79 Å². The summed E-state index contributed by atoms with van der Waals surface area (Å²) < 4.78 is 20.6. The minimum Gasteiger partial charge on any atom is -0.451 e. The average molecular weight is 397 g/mol. The molecular formula is C22H24FN3O3. The van der Waals surface area contributed by atoms with Crippen LogP contribution in [0.25, 0.3) is 6.08 Å². The standard InChI is InChI=1S/C22H24FN3O3/c1-14(2)12-26-15(3)9-17(16(26)4)10-18(11-24)22(28)29-13-21(27)25-20-8-6-5-7-19(20)23/h5-10,14H,12-13H2,1-4H3,(H,25,27)/b18-10+. The molecule has 0 aliphatic carbocycles. The van der Waals surface area contributed by atoms with Crippen LogP contribution >= 0.6 is 0 Å². The van der Waals surface area contributed by atoms with Crippen molar-refractivity contribution < 1.29 is 18.7 Å². The van der Waals surface area contributed by atoms with Gasteiger partial charge in [-0.2, -0.15) is 5.26 Å². The van der Waals surface area contributed by atoms with E-state index in [1.165, 1.54) is 24.3 Å². The van der Waals surface area contributed by atoms with Gasteiger partial charge in [0.2, 0.25) is 0 Å². The number of benzene rings is 1. The number of nitrogens with one attached hydrogen (secondary N) is 1. The quantitative estimate of drug-likeness (QED) is 0.435. The highest BCUT2D eigenvalue weighted by atomic mass is 19.1. The summed E-state index contributed by atoms with van der Waals surface area (Å²) in [6, 6.07) is 9.36. The number of esters is 1. The maximum Gasteiger partial charge on any atom is 0.349 e. The number of hydrogen-bond donors (Lipinski definition) is 1. The number of anilines is 1. The average Bonchev–Trinajstić information content (AvgIpc) is 2.93. The van der Waals surface area contributed by atoms with E-state index in [9.17, 15) is 19.2 Å². The highest BCUT2D eigenvalue weighted by Crippen LogP contribution is 2.20. The van der Waals surface area contributed by atoms with Crippen LogP contribution in [0.3, 0.4) is 0 Å². The topological polar surface area (TPSA) is 84.1 Å². The number of carbonyl (C=O) groups excluding carboxylic acids is 2.